The highest BCUT2D eigenvalue weighted by atomic mass is 16.6. The molecule has 0 amide bonds. The van der Waals surface area contributed by atoms with Crippen molar-refractivity contribution in [3.8, 4) is 0 Å². The van der Waals surface area contributed by atoms with Crippen LogP contribution < -0.4 is 0 Å². The first-order valence-electron chi connectivity index (χ1n) is 11.8. The van der Waals surface area contributed by atoms with E-state index in [-0.39, 0.29) is 22.4 Å². The van der Waals surface area contributed by atoms with Gasteiger partial charge in [0.1, 0.15) is 5.60 Å². The number of hydrogen-bond donors (Lipinski definition) is 0. The predicted molar refractivity (Wildman–Crippen MR) is 104 cm³/mol. The normalized spacial score (nSPS) is 57.2. The molecular weight excluding hydrogens is 348 g/mol. The fourth-order valence-corrected chi connectivity index (χ4v) is 9.98. The molecular formula is C25H32O3. The third-order valence-corrected chi connectivity index (χ3v) is 11.2. The summed E-state index contributed by atoms with van der Waals surface area (Å²) in [7, 11) is 0. The van der Waals surface area contributed by atoms with Gasteiger partial charge in [0.2, 0.25) is 0 Å². The molecule has 7 aliphatic rings. The average molecular weight is 381 g/mol. The molecule has 6 fully saturated rings. The average Bonchev–Trinajstić information content (AvgIpc) is 3.55. The van der Waals surface area contributed by atoms with E-state index in [0.29, 0.717) is 23.5 Å². The lowest BCUT2D eigenvalue weighted by molar-refractivity contribution is -0.178. The molecule has 6 aliphatic carbocycles. The standard InChI is InChI=1S/C25H32O3/c1-22-6-3-14(26)11-19(22)24(9-10-24)13-16-17(22)4-7-23(2)21(16)15-12-18(15)25(23)8-5-20(27)28-25/h11,15-18,21H,3-10,12-13H2,1-2H3/t15-,16-,17+,18+,21+,22-,23+,25+/m1/s1. The van der Waals surface area contributed by atoms with Gasteiger partial charge in [-0.1, -0.05) is 19.4 Å². The van der Waals surface area contributed by atoms with Crippen LogP contribution in [0.15, 0.2) is 11.6 Å². The summed E-state index contributed by atoms with van der Waals surface area (Å²) in [6, 6.07) is 0. The number of fused-ring (bicyclic) bond motifs is 10. The van der Waals surface area contributed by atoms with Crippen LogP contribution in [0.2, 0.25) is 0 Å². The number of carbonyl (C=O) groups is 2. The zero-order chi connectivity index (χ0) is 19.1. The van der Waals surface area contributed by atoms with E-state index in [2.05, 4.69) is 19.9 Å². The summed E-state index contributed by atoms with van der Waals surface area (Å²) < 4.78 is 6.23. The van der Waals surface area contributed by atoms with Crippen molar-refractivity contribution in [3.63, 3.8) is 0 Å². The van der Waals surface area contributed by atoms with Gasteiger partial charge in [-0.25, -0.2) is 0 Å². The summed E-state index contributed by atoms with van der Waals surface area (Å²) in [4.78, 5) is 24.5. The molecule has 8 atom stereocenters. The largest absolute Gasteiger partial charge is 0.458 e. The molecule has 0 bridgehead atoms. The molecule has 1 heterocycles. The van der Waals surface area contributed by atoms with Crippen molar-refractivity contribution in [1.29, 1.82) is 0 Å². The summed E-state index contributed by atoms with van der Waals surface area (Å²) in [5, 5.41) is 0. The minimum absolute atomic E-state index is 0.0555. The van der Waals surface area contributed by atoms with Crippen LogP contribution in [0, 0.1) is 45.8 Å². The maximum absolute atomic E-state index is 12.3. The molecule has 3 heteroatoms. The number of ketones is 1. The van der Waals surface area contributed by atoms with Gasteiger partial charge in [-0.05, 0) is 91.9 Å². The van der Waals surface area contributed by atoms with Crippen molar-refractivity contribution in [2.45, 2.75) is 83.7 Å². The van der Waals surface area contributed by atoms with Crippen molar-refractivity contribution < 1.29 is 14.3 Å². The van der Waals surface area contributed by atoms with E-state index in [9.17, 15) is 9.59 Å². The van der Waals surface area contributed by atoms with Gasteiger partial charge in [-0.3, -0.25) is 9.59 Å². The minimum atomic E-state index is -0.138. The van der Waals surface area contributed by atoms with Crippen molar-refractivity contribution in [1.82, 2.24) is 0 Å². The molecule has 0 aromatic rings. The summed E-state index contributed by atoms with van der Waals surface area (Å²) in [5.74, 6) is 4.09. The van der Waals surface area contributed by atoms with Crippen LogP contribution in [-0.2, 0) is 14.3 Å². The Morgan fingerprint density at radius 2 is 1.79 bits per heavy atom. The molecule has 3 nitrogen and oxygen atoms in total. The highest BCUT2D eigenvalue weighted by molar-refractivity contribution is 5.92. The number of rotatable bonds is 0. The van der Waals surface area contributed by atoms with Crippen LogP contribution in [0.4, 0.5) is 0 Å². The first-order chi connectivity index (χ1) is 13.3. The number of esters is 1. The molecule has 0 radical (unpaired) electrons. The van der Waals surface area contributed by atoms with E-state index >= 15 is 0 Å². The fourth-order valence-electron chi connectivity index (χ4n) is 9.98. The van der Waals surface area contributed by atoms with E-state index in [1.54, 1.807) is 5.57 Å². The van der Waals surface area contributed by atoms with Crippen LogP contribution in [0.25, 0.3) is 0 Å². The maximum atomic E-state index is 12.3. The summed E-state index contributed by atoms with van der Waals surface area (Å²) >= 11 is 0. The van der Waals surface area contributed by atoms with Crippen LogP contribution in [0.3, 0.4) is 0 Å². The Kier molecular flexibility index (Phi) is 2.75. The SMILES string of the molecule is C[C@]12CCC(=O)C=C1C1(CC1)C[C@H]1[C@@H]3[C@@H]4C[C@@H]4[C@@]4(CCC(=O)O4)[C@@]3(C)CC[C@@H]12. The quantitative estimate of drug-likeness (QED) is 0.565. The van der Waals surface area contributed by atoms with Crippen LogP contribution in [0.5, 0.6) is 0 Å². The van der Waals surface area contributed by atoms with E-state index in [1.807, 2.05) is 0 Å². The molecule has 0 aromatic heterocycles. The van der Waals surface area contributed by atoms with Crippen molar-refractivity contribution in [2.24, 2.45) is 45.8 Å². The Labute approximate surface area is 167 Å². The van der Waals surface area contributed by atoms with Gasteiger partial charge >= 0.3 is 5.97 Å². The number of allylic oxidation sites excluding steroid dienone is 1. The Morgan fingerprint density at radius 3 is 2.50 bits per heavy atom. The predicted octanol–water partition coefficient (Wildman–Crippen LogP) is 4.84. The van der Waals surface area contributed by atoms with Gasteiger partial charge in [0.15, 0.2) is 5.78 Å². The highest BCUT2D eigenvalue weighted by Gasteiger charge is 2.80. The molecule has 7 rings (SSSR count). The topological polar surface area (TPSA) is 43.4 Å². The molecule has 150 valence electrons. The van der Waals surface area contributed by atoms with Crippen LogP contribution in [-0.4, -0.2) is 17.4 Å². The van der Waals surface area contributed by atoms with E-state index in [4.69, 9.17) is 4.74 Å². The third-order valence-electron chi connectivity index (χ3n) is 11.2. The van der Waals surface area contributed by atoms with Crippen molar-refractivity contribution >= 4 is 11.8 Å². The fraction of sp³-hybridized carbons (Fsp3) is 0.840. The lowest BCUT2D eigenvalue weighted by Crippen LogP contribution is -2.58. The monoisotopic (exact) mass is 380 g/mol. The number of carbonyl (C=O) groups excluding carboxylic acids is 2. The second-order valence-corrected chi connectivity index (χ2v) is 12.0. The van der Waals surface area contributed by atoms with Gasteiger partial charge in [-0.2, -0.15) is 0 Å². The van der Waals surface area contributed by atoms with E-state index in [0.717, 1.165) is 42.9 Å². The van der Waals surface area contributed by atoms with E-state index < -0.39 is 0 Å². The lowest BCUT2D eigenvalue weighted by atomic mass is 9.43. The summed E-state index contributed by atoms with van der Waals surface area (Å²) in [5.41, 5.74) is 2.18. The first kappa shape index (κ1) is 16.7. The Morgan fingerprint density at radius 1 is 0.964 bits per heavy atom. The second-order valence-electron chi connectivity index (χ2n) is 12.0. The molecule has 0 N–H and O–H groups in total. The Balaban J connectivity index is 1.34. The Hall–Kier alpha value is -1.12. The van der Waals surface area contributed by atoms with Gasteiger partial charge in [0.25, 0.3) is 0 Å². The first-order valence-corrected chi connectivity index (χ1v) is 11.8. The molecule has 0 aromatic carbocycles. The van der Waals surface area contributed by atoms with Crippen molar-refractivity contribution in [2.75, 3.05) is 0 Å². The smallest absolute Gasteiger partial charge is 0.306 e. The lowest BCUT2D eigenvalue weighted by Gasteiger charge is -2.62. The zero-order valence-electron chi connectivity index (χ0n) is 17.3. The van der Waals surface area contributed by atoms with Gasteiger partial charge < -0.3 is 4.74 Å². The number of hydrogen-bond acceptors (Lipinski definition) is 3. The maximum Gasteiger partial charge on any atom is 0.306 e. The minimum Gasteiger partial charge on any atom is -0.458 e. The molecule has 28 heavy (non-hydrogen) atoms. The van der Waals surface area contributed by atoms with Gasteiger partial charge in [0, 0.05) is 24.2 Å². The molecule has 1 saturated heterocycles. The van der Waals surface area contributed by atoms with Gasteiger partial charge in [0.05, 0.1) is 0 Å². The highest BCUT2D eigenvalue weighted by Crippen LogP contribution is 2.81. The van der Waals surface area contributed by atoms with Crippen LogP contribution >= 0.6 is 0 Å². The Bertz CT molecular complexity index is 852. The summed E-state index contributed by atoms with van der Waals surface area (Å²) in [6.07, 6.45) is 13.2. The molecule has 1 aliphatic heterocycles. The summed E-state index contributed by atoms with van der Waals surface area (Å²) in [6.45, 7) is 5.01. The second kappa shape index (κ2) is 4.62. The van der Waals surface area contributed by atoms with Gasteiger partial charge in [-0.15, -0.1) is 0 Å². The van der Waals surface area contributed by atoms with E-state index in [1.165, 1.54) is 38.5 Å². The molecule has 5 saturated carbocycles. The molecule has 0 unspecified atom stereocenters. The van der Waals surface area contributed by atoms with Crippen LogP contribution in [0.1, 0.15) is 78.1 Å². The zero-order valence-corrected chi connectivity index (χ0v) is 17.3. The number of ether oxygens (including phenoxy) is 1. The third kappa shape index (κ3) is 1.64. The molecule has 2 spiro atoms. The van der Waals surface area contributed by atoms with Crippen molar-refractivity contribution in [3.05, 3.63) is 11.6 Å².